The maximum Gasteiger partial charge on any atom is 0.302 e. The van der Waals surface area contributed by atoms with Crippen LogP contribution >= 0.6 is 0 Å². The summed E-state index contributed by atoms with van der Waals surface area (Å²) in [5, 5.41) is 0. The summed E-state index contributed by atoms with van der Waals surface area (Å²) in [7, 11) is 0. The third-order valence-corrected chi connectivity index (χ3v) is 3.74. The largest absolute Gasteiger partial charge is 0.462 e. The summed E-state index contributed by atoms with van der Waals surface area (Å²) >= 11 is 0. The Morgan fingerprint density at radius 3 is 2.62 bits per heavy atom. The molecule has 0 spiro atoms. The van der Waals surface area contributed by atoms with E-state index in [-0.39, 0.29) is 31.3 Å². The van der Waals surface area contributed by atoms with E-state index < -0.39 is 5.60 Å². The molecule has 1 aliphatic heterocycles. The van der Waals surface area contributed by atoms with Crippen LogP contribution in [0.1, 0.15) is 25.0 Å². The Morgan fingerprint density at radius 2 is 1.90 bits per heavy atom. The van der Waals surface area contributed by atoms with Crippen LogP contribution < -0.4 is 0 Å². The number of esters is 2. The van der Waals surface area contributed by atoms with Gasteiger partial charge in [0.25, 0.3) is 0 Å². The highest BCUT2D eigenvalue weighted by Crippen LogP contribution is 2.53. The van der Waals surface area contributed by atoms with Gasteiger partial charge in [-0.1, -0.05) is 24.3 Å². The summed E-state index contributed by atoms with van der Waals surface area (Å²) in [5.41, 5.74) is 2.28. The van der Waals surface area contributed by atoms with Crippen molar-refractivity contribution in [1.29, 1.82) is 0 Å². The first-order valence-electron chi connectivity index (χ1n) is 6.78. The Kier molecular flexibility index (Phi) is 3.29. The maximum absolute atomic E-state index is 11.1. The zero-order valence-corrected chi connectivity index (χ0v) is 11.9. The number of benzene rings is 1. The lowest BCUT2D eigenvalue weighted by atomic mass is 9.83. The monoisotopic (exact) mass is 288 g/mol. The molecule has 2 atom stereocenters. The van der Waals surface area contributed by atoms with Gasteiger partial charge in [0, 0.05) is 13.8 Å². The molecule has 0 saturated carbocycles. The molecule has 5 heteroatoms. The van der Waals surface area contributed by atoms with Crippen molar-refractivity contribution >= 4 is 17.5 Å². The summed E-state index contributed by atoms with van der Waals surface area (Å²) < 4.78 is 16.0. The molecule has 3 rings (SSSR count). The van der Waals surface area contributed by atoms with E-state index in [1.165, 1.54) is 13.8 Å². The normalized spacial score (nSPS) is 25.2. The molecule has 0 amide bonds. The van der Waals surface area contributed by atoms with Crippen molar-refractivity contribution in [3.05, 3.63) is 41.5 Å². The van der Waals surface area contributed by atoms with E-state index in [2.05, 4.69) is 0 Å². The molecule has 1 aliphatic carbocycles. The van der Waals surface area contributed by atoms with Gasteiger partial charge in [0.15, 0.2) is 5.60 Å². The van der Waals surface area contributed by atoms with Crippen LogP contribution in [0.5, 0.6) is 0 Å². The minimum atomic E-state index is -0.581. The lowest BCUT2D eigenvalue weighted by Gasteiger charge is -2.22. The van der Waals surface area contributed by atoms with Crippen molar-refractivity contribution in [3.63, 3.8) is 0 Å². The molecule has 1 aromatic carbocycles. The van der Waals surface area contributed by atoms with Gasteiger partial charge in [0.05, 0.1) is 0 Å². The number of hydrogen-bond donors (Lipinski definition) is 0. The van der Waals surface area contributed by atoms with Gasteiger partial charge in [-0.3, -0.25) is 9.59 Å². The van der Waals surface area contributed by atoms with E-state index in [0.717, 1.165) is 16.7 Å². The predicted molar refractivity (Wildman–Crippen MR) is 74.2 cm³/mol. The Bertz CT molecular complexity index is 633. The minimum absolute atomic E-state index is 0.141. The van der Waals surface area contributed by atoms with E-state index in [9.17, 15) is 9.59 Å². The molecule has 1 aromatic rings. The van der Waals surface area contributed by atoms with Crippen LogP contribution in [0.4, 0.5) is 0 Å². The van der Waals surface area contributed by atoms with Crippen LogP contribution in [0.25, 0.3) is 5.57 Å². The standard InChI is InChI=1S/C16H16O5/c1-10(17)19-8-12-7-15-16(21-15,9-20-11(2)18)14-6-4-3-5-13(12)14/h3-7,15H,8-9H2,1-2H3/t15-,16-/m1/s1. The lowest BCUT2D eigenvalue weighted by molar-refractivity contribution is -0.143. The molecule has 0 radical (unpaired) electrons. The number of fused-ring (bicyclic) bond motifs is 3. The SMILES string of the molecule is CC(=O)OCC1=C[C@H]2O[C@]2(COC(C)=O)c2ccccc21. The molecule has 0 unspecified atom stereocenters. The zero-order valence-electron chi connectivity index (χ0n) is 11.9. The van der Waals surface area contributed by atoms with Crippen molar-refractivity contribution in [2.24, 2.45) is 0 Å². The average molecular weight is 288 g/mol. The van der Waals surface area contributed by atoms with Gasteiger partial charge in [-0.25, -0.2) is 0 Å². The third-order valence-electron chi connectivity index (χ3n) is 3.74. The fraction of sp³-hybridized carbons (Fsp3) is 0.375. The Morgan fingerprint density at radius 1 is 1.19 bits per heavy atom. The first-order valence-corrected chi connectivity index (χ1v) is 6.78. The summed E-state index contributed by atoms with van der Waals surface area (Å²) in [5.74, 6) is -0.646. The van der Waals surface area contributed by atoms with Crippen molar-refractivity contribution in [2.45, 2.75) is 25.6 Å². The number of carbonyl (C=O) groups is 2. The Balaban J connectivity index is 1.89. The molecule has 0 bridgehead atoms. The van der Waals surface area contributed by atoms with Gasteiger partial charge in [0.2, 0.25) is 0 Å². The number of rotatable bonds is 4. The van der Waals surface area contributed by atoms with Gasteiger partial charge < -0.3 is 14.2 Å². The molecular weight excluding hydrogens is 272 g/mol. The van der Waals surface area contributed by atoms with Crippen LogP contribution in [-0.2, 0) is 29.4 Å². The van der Waals surface area contributed by atoms with E-state index in [1.54, 1.807) is 0 Å². The Hall–Kier alpha value is -2.14. The summed E-state index contributed by atoms with van der Waals surface area (Å²) in [4.78, 5) is 22.0. The fourth-order valence-electron chi connectivity index (χ4n) is 2.69. The number of hydrogen-bond acceptors (Lipinski definition) is 5. The minimum Gasteiger partial charge on any atom is -0.462 e. The third kappa shape index (κ3) is 2.45. The van der Waals surface area contributed by atoms with Crippen LogP contribution in [0, 0.1) is 0 Å². The van der Waals surface area contributed by atoms with Gasteiger partial charge in [-0.15, -0.1) is 0 Å². The second kappa shape index (κ2) is 5.00. The first-order chi connectivity index (χ1) is 10.0. The van der Waals surface area contributed by atoms with Crippen molar-refractivity contribution < 1.29 is 23.8 Å². The van der Waals surface area contributed by atoms with Gasteiger partial charge in [0.1, 0.15) is 19.3 Å². The summed E-state index contributed by atoms with van der Waals surface area (Å²) in [6.45, 7) is 3.18. The second-order valence-electron chi connectivity index (χ2n) is 5.23. The lowest BCUT2D eigenvalue weighted by Crippen LogP contribution is -2.26. The van der Waals surface area contributed by atoms with E-state index in [1.807, 2.05) is 30.3 Å². The molecule has 0 aromatic heterocycles. The van der Waals surface area contributed by atoms with Crippen LogP contribution in [0.3, 0.4) is 0 Å². The fourth-order valence-corrected chi connectivity index (χ4v) is 2.69. The molecule has 2 aliphatic rings. The van der Waals surface area contributed by atoms with Crippen LogP contribution in [0.15, 0.2) is 30.3 Å². The molecule has 1 heterocycles. The van der Waals surface area contributed by atoms with E-state index in [4.69, 9.17) is 14.2 Å². The zero-order chi connectivity index (χ0) is 15.0. The average Bonchev–Trinajstić information content (AvgIpc) is 3.17. The van der Waals surface area contributed by atoms with Gasteiger partial charge in [-0.2, -0.15) is 0 Å². The predicted octanol–water partition coefficient (Wildman–Crippen LogP) is 1.80. The second-order valence-corrected chi connectivity index (χ2v) is 5.23. The van der Waals surface area contributed by atoms with E-state index in [0.29, 0.717) is 0 Å². The summed E-state index contributed by atoms with van der Waals surface area (Å²) in [6.07, 6.45) is 1.80. The van der Waals surface area contributed by atoms with Crippen LogP contribution in [-0.4, -0.2) is 31.3 Å². The topological polar surface area (TPSA) is 65.1 Å². The van der Waals surface area contributed by atoms with Crippen molar-refractivity contribution in [2.75, 3.05) is 13.2 Å². The van der Waals surface area contributed by atoms with E-state index >= 15 is 0 Å². The smallest absolute Gasteiger partial charge is 0.302 e. The quantitative estimate of drug-likeness (QED) is 0.624. The highest BCUT2D eigenvalue weighted by Gasteiger charge is 2.60. The van der Waals surface area contributed by atoms with Crippen molar-refractivity contribution in [3.8, 4) is 0 Å². The van der Waals surface area contributed by atoms with Crippen molar-refractivity contribution in [1.82, 2.24) is 0 Å². The molecular formula is C16H16O5. The number of carbonyl (C=O) groups excluding carboxylic acids is 2. The molecule has 1 fully saturated rings. The molecule has 0 N–H and O–H groups in total. The van der Waals surface area contributed by atoms with Gasteiger partial charge >= 0.3 is 11.9 Å². The molecule has 1 saturated heterocycles. The number of ether oxygens (including phenoxy) is 3. The molecule has 21 heavy (non-hydrogen) atoms. The first kappa shape index (κ1) is 13.8. The molecule has 5 nitrogen and oxygen atoms in total. The highest BCUT2D eigenvalue weighted by molar-refractivity contribution is 5.77. The highest BCUT2D eigenvalue weighted by atomic mass is 16.6. The maximum atomic E-state index is 11.1. The molecule has 110 valence electrons. The number of epoxide rings is 1. The summed E-state index contributed by atoms with van der Waals surface area (Å²) in [6, 6.07) is 7.75. The Labute approximate surface area is 122 Å². The van der Waals surface area contributed by atoms with Crippen LogP contribution in [0.2, 0.25) is 0 Å². The van der Waals surface area contributed by atoms with Gasteiger partial charge in [-0.05, 0) is 22.8 Å².